The molecule has 152 valence electrons. The van der Waals surface area contributed by atoms with Crippen molar-refractivity contribution in [1.82, 2.24) is 24.6 Å². The number of rotatable bonds is 6. The van der Waals surface area contributed by atoms with Crippen LogP contribution in [0.4, 0.5) is 17.3 Å². The second-order valence-electron chi connectivity index (χ2n) is 7.25. The molecule has 0 saturated heterocycles. The first-order valence-electron chi connectivity index (χ1n) is 9.64. The summed E-state index contributed by atoms with van der Waals surface area (Å²) in [4.78, 5) is 21.7. The topological polar surface area (TPSA) is 112 Å². The van der Waals surface area contributed by atoms with Crippen LogP contribution in [-0.2, 0) is 0 Å². The zero-order valence-electron chi connectivity index (χ0n) is 16.4. The normalized spacial score (nSPS) is 14.2. The Balaban J connectivity index is 1.62. The highest BCUT2D eigenvalue weighted by Crippen LogP contribution is 2.28. The van der Waals surface area contributed by atoms with Crippen LogP contribution in [0.15, 0.2) is 41.3 Å². The van der Waals surface area contributed by atoms with Gasteiger partial charge in [0.05, 0.1) is 24.0 Å². The number of ether oxygens (including phenoxy) is 1. The number of aromatic amines is 2. The zero-order chi connectivity index (χ0) is 20.7. The number of fused-ring (bicyclic) bond motifs is 1. The van der Waals surface area contributed by atoms with Crippen molar-refractivity contribution in [3.05, 3.63) is 63.3 Å². The quantitative estimate of drug-likeness (QED) is 0.386. The van der Waals surface area contributed by atoms with E-state index in [1.807, 2.05) is 36.4 Å². The second-order valence-corrected chi connectivity index (χ2v) is 7.25. The molecule has 4 N–H and O–H groups in total. The van der Waals surface area contributed by atoms with E-state index in [0.29, 0.717) is 28.2 Å². The van der Waals surface area contributed by atoms with Crippen LogP contribution in [0.1, 0.15) is 18.4 Å². The SMILES string of the molecule is C=c1[nH]c(=O)[nH]/c1=C\c1cnn2c(NC3CC3)cc(Nc3cccc(OC)c3)nc12. The van der Waals surface area contributed by atoms with Crippen LogP contribution < -0.4 is 31.8 Å². The van der Waals surface area contributed by atoms with Gasteiger partial charge in [-0.25, -0.2) is 9.78 Å². The Hall–Kier alpha value is -4.01. The highest BCUT2D eigenvalue weighted by atomic mass is 16.5. The average molecular weight is 403 g/mol. The molecule has 0 spiro atoms. The summed E-state index contributed by atoms with van der Waals surface area (Å²) in [7, 11) is 1.64. The number of nitrogens with one attached hydrogen (secondary N) is 4. The summed E-state index contributed by atoms with van der Waals surface area (Å²) in [5, 5.41) is 12.5. The van der Waals surface area contributed by atoms with E-state index in [1.54, 1.807) is 17.8 Å². The predicted molar refractivity (Wildman–Crippen MR) is 116 cm³/mol. The lowest BCUT2D eigenvalue weighted by molar-refractivity contribution is 0.415. The Morgan fingerprint density at radius 3 is 2.90 bits per heavy atom. The molecule has 0 unspecified atom stereocenters. The van der Waals surface area contributed by atoms with E-state index in [9.17, 15) is 4.79 Å². The van der Waals surface area contributed by atoms with Crippen LogP contribution in [-0.4, -0.2) is 37.7 Å². The second kappa shape index (κ2) is 7.11. The first-order chi connectivity index (χ1) is 14.6. The Morgan fingerprint density at radius 2 is 2.17 bits per heavy atom. The van der Waals surface area contributed by atoms with Gasteiger partial charge < -0.3 is 25.3 Å². The van der Waals surface area contributed by atoms with Crippen LogP contribution >= 0.6 is 0 Å². The molecular weight excluding hydrogens is 382 g/mol. The van der Waals surface area contributed by atoms with Gasteiger partial charge in [-0.05, 0) is 31.1 Å². The summed E-state index contributed by atoms with van der Waals surface area (Å²) in [5.41, 5.74) is 1.99. The molecule has 1 saturated carbocycles. The largest absolute Gasteiger partial charge is 0.497 e. The minimum atomic E-state index is -0.299. The first-order valence-corrected chi connectivity index (χ1v) is 9.64. The van der Waals surface area contributed by atoms with Crippen molar-refractivity contribution in [1.29, 1.82) is 0 Å². The van der Waals surface area contributed by atoms with Gasteiger partial charge in [-0.15, -0.1) is 0 Å². The minimum Gasteiger partial charge on any atom is -0.497 e. The number of methoxy groups -OCH3 is 1. The smallest absolute Gasteiger partial charge is 0.323 e. The summed E-state index contributed by atoms with van der Waals surface area (Å²) in [6.07, 6.45) is 5.81. The van der Waals surface area contributed by atoms with E-state index >= 15 is 0 Å². The van der Waals surface area contributed by atoms with E-state index in [-0.39, 0.29) is 5.69 Å². The van der Waals surface area contributed by atoms with E-state index < -0.39 is 0 Å². The van der Waals surface area contributed by atoms with E-state index in [1.165, 1.54) is 0 Å². The number of anilines is 3. The third-order valence-corrected chi connectivity index (χ3v) is 4.91. The lowest BCUT2D eigenvalue weighted by Gasteiger charge is -2.12. The van der Waals surface area contributed by atoms with Crippen molar-refractivity contribution in [2.75, 3.05) is 17.7 Å². The molecule has 3 aromatic heterocycles. The molecule has 0 amide bonds. The third-order valence-electron chi connectivity index (χ3n) is 4.91. The fraction of sp³-hybridized carbons (Fsp3) is 0.190. The van der Waals surface area contributed by atoms with Crippen molar-refractivity contribution in [3.8, 4) is 5.75 Å². The van der Waals surface area contributed by atoms with Crippen molar-refractivity contribution in [2.24, 2.45) is 0 Å². The maximum Gasteiger partial charge on any atom is 0.323 e. The van der Waals surface area contributed by atoms with E-state index in [0.717, 1.165) is 35.7 Å². The van der Waals surface area contributed by atoms with Gasteiger partial charge in [0.25, 0.3) is 0 Å². The summed E-state index contributed by atoms with van der Waals surface area (Å²) >= 11 is 0. The van der Waals surface area contributed by atoms with E-state index in [2.05, 4.69) is 32.3 Å². The summed E-state index contributed by atoms with van der Waals surface area (Å²) in [5.74, 6) is 2.28. The van der Waals surface area contributed by atoms with Gasteiger partial charge in [-0.1, -0.05) is 12.6 Å². The van der Waals surface area contributed by atoms with Gasteiger partial charge >= 0.3 is 5.69 Å². The lowest BCUT2D eigenvalue weighted by Crippen LogP contribution is -2.22. The Bertz CT molecular complexity index is 1390. The van der Waals surface area contributed by atoms with Crippen LogP contribution in [0, 0.1) is 0 Å². The van der Waals surface area contributed by atoms with Gasteiger partial charge in [-0.3, -0.25) is 0 Å². The summed E-state index contributed by atoms with van der Waals surface area (Å²) in [6.45, 7) is 3.85. The van der Waals surface area contributed by atoms with E-state index in [4.69, 9.17) is 9.72 Å². The van der Waals surface area contributed by atoms with Gasteiger partial charge in [0, 0.05) is 29.4 Å². The number of nitrogens with zero attached hydrogens (tertiary/aromatic N) is 3. The number of aromatic nitrogens is 5. The predicted octanol–water partition coefficient (Wildman–Crippen LogP) is 1.31. The molecule has 30 heavy (non-hydrogen) atoms. The maximum atomic E-state index is 11.6. The van der Waals surface area contributed by atoms with Gasteiger partial charge in [0.15, 0.2) is 5.65 Å². The molecule has 3 heterocycles. The lowest BCUT2D eigenvalue weighted by atomic mass is 10.3. The molecule has 5 rings (SSSR count). The fourth-order valence-corrected chi connectivity index (χ4v) is 3.25. The number of imidazole rings is 1. The Labute approximate surface area is 171 Å². The van der Waals surface area contributed by atoms with Crippen LogP contribution in [0.3, 0.4) is 0 Å². The number of hydrogen-bond donors (Lipinski definition) is 4. The molecule has 1 aromatic carbocycles. The van der Waals surface area contributed by atoms with Crippen molar-refractivity contribution < 1.29 is 4.74 Å². The fourth-order valence-electron chi connectivity index (χ4n) is 3.25. The molecule has 1 aliphatic rings. The standard InChI is InChI=1S/C21H21N7O2/c1-12-17(26-21(29)23-12)8-13-11-22-28-19(25-14-6-7-14)10-18(27-20(13)28)24-15-4-3-5-16(9-15)30-2/h3-5,8-11,14,25H,1,6-7H2,2H3,(H,24,27)(H2,23,26,29)/b17-8-. The van der Waals surface area contributed by atoms with Crippen LogP contribution in [0.25, 0.3) is 18.3 Å². The van der Waals surface area contributed by atoms with Gasteiger partial charge in [-0.2, -0.15) is 9.61 Å². The molecule has 0 aliphatic heterocycles. The molecule has 1 fully saturated rings. The molecule has 0 radical (unpaired) electrons. The Kier molecular flexibility index (Phi) is 4.27. The summed E-state index contributed by atoms with van der Waals surface area (Å²) in [6, 6.07) is 10.0. The monoisotopic (exact) mass is 403 g/mol. The molecule has 4 aromatic rings. The third kappa shape index (κ3) is 3.52. The number of H-pyrrole nitrogens is 2. The Morgan fingerprint density at radius 1 is 1.30 bits per heavy atom. The molecule has 9 heteroatoms. The summed E-state index contributed by atoms with van der Waals surface area (Å²) < 4.78 is 7.08. The molecular formula is C21H21N7O2. The van der Waals surface area contributed by atoms with Crippen molar-refractivity contribution in [2.45, 2.75) is 18.9 Å². The first kappa shape index (κ1) is 18.0. The number of hydrogen-bond acceptors (Lipinski definition) is 6. The minimum absolute atomic E-state index is 0.299. The number of benzene rings is 1. The van der Waals surface area contributed by atoms with Gasteiger partial charge in [0.1, 0.15) is 17.4 Å². The highest BCUT2D eigenvalue weighted by molar-refractivity contribution is 5.71. The van der Waals surface area contributed by atoms with Crippen LogP contribution in [0.5, 0.6) is 5.75 Å². The zero-order valence-corrected chi connectivity index (χ0v) is 16.4. The molecule has 0 bridgehead atoms. The molecule has 0 atom stereocenters. The molecule has 1 aliphatic carbocycles. The van der Waals surface area contributed by atoms with Crippen molar-refractivity contribution in [3.63, 3.8) is 0 Å². The maximum absolute atomic E-state index is 11.6. The van der Waals surface area contributed by atoms with Crippen LogP contribution in [0.2, 0.25) is 0 Å². The molecule has 9 nitrogen and oxygen atoms in total. The van der Waals surface area contributed by atoms with Gasteiger partial charge in [0.2, 0.25) is 0 Å². The highest BCUT2D eigenvalue weighted by Gasteiger charge is 2.23. The van der Waals surface area contributed by atoms with Crippen molar-refractivity contribution >= 4 is 35.6 Å². The average Bonchev–Trinajstić information content (AvgIpc) is 3.37.